The van der Waals surface area contributed by atoms with E-state index in [0.717, 1.165) is 30.5 Å². The molecule has 3 aliphatic heterocycles. The van der Waals surface area contributed by atoms with Crippen LogP contribution in [0.25, 0.3) is 4.91 Å². The highest BCUT2D eigenvalue weighted by molar-refractivity contribution is 8.00. The highest BCUT2D eigenvalue weighted by atomic mass is 32.2. The first kappa shape index (κ1) is 24.4. The quantitative estimate of drug-likeness (QED) is 0.623. The third kappa shape index (κ3) is 5.04. The van der Waals surface area contributed by atoms with Crippen LogP contribution in [-0.2, 0) is 19.6 Å². The molecule has 0 bridgehead atoms. The third-order valence-corrected chi connectivity index (χ3v) is 8.62. The van der Waals surface area contributed by atoms with Gasteiger partial charge in [-0.3, -0.25) is 9.59 Å². The molecule has 34 heavy (non-hydrogen) atoms. The SMILES string of the molecule is CC1=C(c2ccc(C)c(C)c2)S(=O)(=O)N=C1N1CCC(C(=O)NCCCN2CCCC2=O)CC1. The van der Waals surface area contributed by atoms with Crippen LogP contribution < -0.4 is 5.32 Å². The maximum absolute atomic E-state index is 12.9. The molecule has 0 unspecified atom stereocenters. The zero-order chi connectivity index (χ0) is 24.5. The van der Waals surface area contributed by atoms with Gasteiger partial charge in [-0.15, -0.1) is 4.40 Å². The summed E-state index contributed by atoms with van der Waals surface area (Å²) in [7, 11) is -3.75. The number of piperidine rings is 1. The second kappa shape index (κ2) is 9.90. The molecule has 2 amide bonds. The molecule has 2 fully saturated rings. The second-order valence-electron chi connectivity index (χ2n) is 9.53. The summed E-state index contributed by atoms with van der Waals surface area (Å²) in [5, 5.41) is 3.00. The van der Waals surface area contributed by atoms with E-state index in [0.29, 0.717) is 62.4 Å². The van der Waals surface area contributed by atoms with Crippen LogP contribution in [0.4, 0.5) is 0 Å². The molecule has 9 heteroatoms. The number of carbonyl (C=O) groups is 2. The van der Waals surface area contributed by atoms with Gasteiger partial charge in [-0.1, -0.05) is 18.2 Å². The lowest BCUT2D eigenvalue weighted by atomic mass is 9.95. The zero-order valence-corrected chi connectivity index (χ0v) is 21.1. The Kier molecular flexibility index (Phi) is 7.12. The Morgan fingerprint density at radius 2 is 1.85 bits per heavy atom. The maximum Gasteiger partial charge on any atom is 0.285 e. The molecule has 8 nitrogen and oxygen atoms in total. The van der Waals surface area contributed by atoms with Gasteiger partial charge in [-0.05, 0) is 63.1 Å². The van der Waals surface area contributed by atoms with Crippen molar-refractivity contribution in [3.8, 4) is 0 Å². The van der Waals surface area contributed by atoms with E-state index >= 15 is 0 Å². The van der Waals surface area contributed by atoms with E-state index in [1.807, 2.05) is 48.8 Å². The first-order valence-electron chi connectivity index (χ1n) is 12.1. The van der Waals surface area contributed by atoms with Crippen LogP contribution in [0.1, 0.15) is 55.7 Å². The monoisotopic (exact) mass is 486 g/mol. The van der Waals surface area contributed by atoms with Gasteiger partial charge in [0, 0.05) is 50.6 Å². The van der Waals surface area contributed by atoms with Gasteiger partial charge in [0.1, 0.15) is 10.7 Å². The average molecular weight is 487 g/mol. The average Bonchev–Trinajstić information content (AvgIpc) is 3.32. The molecule has 1 aromatic carbocycles. The maximum atomic E-state index is 12.9. The number of nitrogens with zero attached hydrogens (tertiary/aromatic N) is 3. The first-order valence-corrected chi connectivity index (χ1v) is 13.6. The number of likely N-dealkylation sites (tertiary alicyclic amines) is 2. The molecule has 4 rings (SSSR count). The van der Waals surface area contributed by atoms with Crippen LogP contribution in [0.3, 0.4) is 0 Å². The molecule has 0 spiro atoms. The van der Waals surface area contributed by atoms with Crippen molar-refractivity contribution < 1.29 is 18.0 Å². The minimum Gasteiger partial charge on any atom is -0.356 e. The fraction of sp³-hybridized carbons (Fsp3) is 0.560. The van der Waals surface area contributed by atoms with E-state index in [2.05, 4.69) is 9.71 Å². The smallest absolute Gasteiger partial charge is 0.285 e. The normalized spacial score (nSPS) is 20.8. The molecule has 3 aliphatic rings. The molecule has 0 saturated carbocycles. The van der Waals surface area contributed by atoms with Crippen molar-refractivity contribution in [1.82, 2.24) is 15.1 Å². The van der Waals surface area contributed by atoms with Gasteiger partial charge in [0.15, 0.2) is 0 Å². The van der Waals surface area contributed by atoms with Crippen LogP contribution in [-0.4, -0.2) is 68.6 Å². The summed E-state index contributed by atoms with van der Waals surface area (Å²) in [5.74, 6) is 0.658. The number of amides is 2. The van der Waals surface area contributed by atoms with Crippen molar-refractivity contribution in [2.75, 3.05) is 32.7 Å². The molecule has 184 valence electrons. The first-order chi connectivity index (χ1) is 16.2. The summed E-state index contributed by atoms with van der Waals surface area (Å²) in [5.41, 5.74) is 3.50. The van der Waals surface area contributed by atoms with Gasteiger partial charge < -0.3 is 15.1 Å². The van der Waals surface area contributed by atoms with E-state index in [1.54, 1.807) is 0 Å². The Bertz CT molecular complexity index is 1150. The third-order valence-electron chi connectivity index (χ3n) is 7.15. The molecule has 1 N–H and O–H groups in total. The second-order valence-corrected chi connectivity index (χ2v) is 11.1. The summed E-state index contributed by atoms with van der Waals surface area (Å²) < 4.78 is 29.9. The highest BCUT2D eigenvalue weighted by Gasteiger charge is 2.35. The molecule has 2 saturated heterocycles. The van der Waals surface area contributed by atoms with Crippen LogP contribution >= 0.6 is 0 Å². The minimum absolute atomic E-state index is 0.0384. The number of carbonyl (C=O) groups excluding carboxylic acids is 2. The van der Waals surface area contributed by atoms with E-state index in [9.17, 15) is 18.0 Å². The van der Waals surface area contributed by atoms with Crippen LogP contribution in [0.5, 0.6) is 0 Å². The van der Waals surface area contributed by atoms with Gasteiger partial charge in [0.05, 0.1) is 0 Å². The Hall–Kier alpha value is -2.68. The number of amidine groups is 1. The number of hydrogen-bond donors (Lipinski definition) is 1. The van der Waals surface area contributed by atoms with Gasteiger partial charge in [-0.2, -0.15) is 8.42 Å². The topological polar surface area (TPSA) is 99.2 Å². The van der Waals surface area contributed by atoms with E-state index in [4.69, 9.17) is 0 Å². The van der Waals surface area contributed by atoms with Crippen molar-refractivity contribution in [3.63, 3.8) is 0 Å². The van der Waals surface area contributed by atoms with Crippen molar-refractivity contribution in [1.29, 1.82) is 0 Å². The number of sulfonamides is 1. The molecular weight excluding hydrogens is 452 g/mol. The highest BCUT2D eigenvalue weighted by Crippen LogP contribution is 2.35. The van der Waals surface area contributed by atoms with Crippen molar-refractivity contribution in [2.45, 2.75) is 52.9 Å². The summed E-state index contributed by atoms with van der Waals surface area (Å²) in [6, 6.07) is 5.68. The van der Waals surface area contributed by atoms with Crippen LogP contribution in [0.15, 0.2) is 28.2 Å². The van der Waals surface area contributed by atoms with E-state index < -0.39 is 10.0 Å². The van der Waals surface area contributed by atoms with Crippen molar-refractivity contribution in [3.05, 3.63) is 40.5 Å². The van der Waals surface area contributed by atoms with Gasteiger partial charge in [0.25, 0.3) is 10.0 Å². The Morgan fingerprint density at radius 3 is 2.50 bits per heavy atom. The largest absolute Gasteiger partial charge is 0.356 e. The Balaban J connectivity index is 1.32. The van der Waals surface area contributed by atoms with Crippen LogP contribution in [0, 0.1) is 19.8 Å². The fourth-order valence-corrected chi connectivity index (χ4v) is 6.46. The molecule has 1 aromatic rings. The number of benzene rings is 1. The number of aryl methyl sites for hydroxylation is 2. The molecule has 0 atom stereocenters. The standard InChI is InChI=1S/C25H34N4O4S/c1-17-7-8-21(16-18(17)2)23-19(3)24(27-34(23,32)33)29-14-9-20(10-15-29)25(31)26-11-5-13-28-12-4-6-22(28)30/h7-8,16,20H,4-6,9-15H2,1-3H3,(H,26,31). The number of nitrogens with one attached hydrogen (secondary N) is 1. The van der Waals surface area contributed by atoms with Gasteiger partial charge in [-0.25, -0.2) is 0 Å². The lowest BCUT2D eigenvalue weighted by molar-refractivity contribution is -0.127. The molecule has 0 radical (unpaired) electrons. The molecule has 3 heterocycles. The summed E-state index contributed by atoms with van der Waals surface area (Å²) in [4.78, 5) is 28.4. The van der Waals surface area contributed by atoms with E-state index in [-0.39, 0.29) is 22.6 Å². The summed E-state index contributed by atoms with van der Waals surface area (Å²) in [6.45, 7) is 9.05. The predicted octanol–water partition coefficient (Wildman–Crippen LogP) is 2.62. The molecule has 0 aliphatic carbocycles. The Morgan fingerprint density at radius 1 is 1.12 bits per heavy atom. The predicted molar refractivity (Wildman–Crippen MR) is 133 cm³/mol. The van der Waals surface area contributed by atoms with E-state index in [1.165, 1.54) is 0 Å². The lowest BCUT2D eigenvalue weighted by Gasteiger charge is -2.33. The zero-order valence-electron chi connectivity index (χ0n) is 20.3. The Labute approximate surface area is 202 Å². The summed E-state index contributed by atoms with van der Waals surface area (Å²) in [6.07, 6.45) is 3.63. The number of hydrogen-bond acceptors (Lipinski definition) is 5. The lowest BCUT2D eigenvalue weighted by Crippen LogP contribution is -2.43. The van der Waals surface area contributed by atoms with Crippen LogP contribution in [0.2, 0.25) is 0 Å². The fourth-order valence-electron chi connectivity index (χ4n) is 4.99. The molecular formula is C25H34N4O4S. The molecule has 0 aromatic heterocycles. The van der Waals surface area contributed by atoms with Crippen molar-refractivity contribution in [2.24, 2.45) is 10.3 Å². The minimum atomic E-state index is -3.75. The van der Waals surface area contributed by atoms with Gasteiger partial charge >= 0.3 is 0 Å². The van der Waals surface area contributed by atoms with Gasteiger partial charge in [0.2, 0.25) is 11.8 Å². The van der Waals surface area contributed by atoms with Crippen molar-refractivity contribution >= 4 is 32.6 Å². The summed E-state index contributed by atoms with van der Waals surface area (Å²) >= 11 is 0. The number of rotatable bonds is 6.